The van der Waals surface area contributed by atoms with E-state index >= 15 is 0 Å². The first-order chi connectivity index (χ1) is 9.77. The topological polar surface area (TPSA) is 50.7 Å². The molecule has 3 heterocycles. The van der Waals surface area contributed by atoms with Crippen LogP contribution in [0.25, 0.3) is 0 Å². The molecule has 1 aromatic rings. The predicted molar refractivity (Wildman–Crippen MR) is 79.0 cm³/mol. The van der Waals surface area contributed by atoms with Gasteiger partial charge in [-0.2, -0.15) is 11.3 Å². The average molecular weight is 297 g/mol. The van der Waals surface area contributed by atoms with E-state index < -0.39 is 6.10 Å². The molecule has 2 N–H and O–H groups in total. The van der Waals surface area contributed by atoms with E-state index in [9.17, 15) is 5.11 Å². The molecule has 1 spiro atoms. The summed E-state index contributed by atoms with van der Waals surface area (Å²) in [6.45, 7) is 3.05. The Balaban J connectivity index is 1.50. The zero-order valence-electron chi connectivity index (χ0n) is 11.7. The van der Waals surface area contributed by atoms with E-state index in [0.717, 1.165) is 51.1 Å². The zero-order chi connectivity index (χ0) is 13.8. The number of nitrogens with one attached hydrogen (secondary N) is 1. The fraction of sp³-hybridized carbons (Fsp3) is 0.733. The number of thiophene rings is 1. The van der Waals surface area contributed by atoms with Crippen LogP contribution in [0.4, 0.5) is 0 Å². The zero-order valence-corrected chi connectivity index (χ0v) is 12.5. The van der Waals surface area contributed by atoms with Crippen LogP contribution in [0.1, 0.15) is 37.4 Å². The second-order valence-electron chi connectivity index (χ2n) is 5.81. The summed E-state index contributed by atoms with van der Waals surface area (Å²) >= 11 is 1.63. The van der Waals surface area contributed by atoms with Crippen molar-refractivity contribution in [2.75, 3.05) is 26.4 Å². The number of rotatable bonds is 4. The van der Waals surface area contributed by atoms with Crippen LogP contribution in [0, 0.1) is 0 Å². The van der Waals surface area contributed by atoms with E-state index in [2.05, 4.69) is 5.32 Å². The summed E-state index contributed by atoms with van der Waals surface area (Å²) in [6, 6.07) is 2.43. The van der Waals surface area contributed by atoms with E-state index in [1.54, 1.807) is 11.3 Å². The van der Waals surface area contributed by atoms with Gasteiger partial charge in [-0.05, 0) is 48.1 Å². The van der Waals surface area contributed by atoms with Crippen LogP contribution in [0.3, 0.4) is 0 Å². The molecule has 3 rings (SSSR count). The van der Waals surface area contributed by atoms with Crippen LogP contribution in [0.15, 0.2) is 16.8 Å². The molecule has 0 aromatic carbocycles. The molecule has 0 saturated carbocycles. The quantitative estimate of drug-likeness (QED) is 0.893. The van der Waals surface area contributed by atoms with Crippen molar-refractivity contribution >= 4 is 11.3 Å². The van der Waals surface area contributed by atoms with Crippen LogP contribution in [0.2, 0.25) is 0 Å². The molecule has 0 radical (unpaired) electrons. The van der Waals surface area contributed by atoms with E-state index in [4.69, 9.17) is 9.47 Å². The van der Waals surface area contributed by atoms with Crippen LogP contribution < -0.4 is 5.32 Å². The van der Waals surface area contributed by atoms with Gasteiger partial charge in [0.15, 0.2) is 0 Å². The molecule has 2 aliphatic rings. The summed E-state index contributed by atoms with van der Waals surface area (Å²) in [5.41, 5.74) is 1.02. The first kappa shape index (κ1) is 14.5. The second-order valence-corrected chi connectivity index (χ2v) is 6.59. The molecule has 0 amide bonds. The van der Waals surface area contributed by atoms with Gasteiger partial charge < -0.3 is 19.9 Å². The number of hydrogen-bond acceptors (Lipinski definition) is 5. The maximum absolute atomic E-state index is 10.1. The van der Waals surface area contributed by atoms with Gasteiger partial charge in [-0.3, -0.25) is 0 Å². The van der Waals surface area contributed by atoms with E-state index in [1.165, 1.54) is 0 Å². The first-order valence-electron chi connectivity index (χ1n) is 7.43. The SMILES string of the molecule is OC(CNC1CCOC2(CCOCC2)C1)c1ccsc1. The summed E-state index contributed by atoms with van der Waals surface area (Å²) in [7, 11) is 0. The summed E-state index contributed by atoms with van der Waals surface area (Å²) < 4.78 is 11.5. The van der Waals surface area contributed by atoms with Crippen molar-refractivity contribution < 1.29 is 14.6 Å². The normalized spacial score (nSPS) is 27.6. The Bertz CT molecular complexity index is 398. The molecule has 20 heavy (non-hydrogen) atoms. The minimum atomic E-state index is -0.408. The fourth-order valence-electron chi connectivity index (χ4n) is 3.15. The number of hydrogen-bond donors (Lipinski definition) is 2. The third-order valence-electron chi connectivity index (χ3n) is 4.42. The molecule has 112 valence electrons. The van der Waals surface area contributed by atoms with Gasteiger partial charge in [-0.25, -0.2) is 0 Å². The molecule has 2 saturated heterocycles. The summed E-state index contributed by atoms with van der Waals surface area (Å²) in [6.07, 6.45) is 3.65. The summed E-state index contributed by atoms with van der Waals surface area (Å²) in [5, 5.41) is 17.7. The molecule has 5 heteroatoms. The molecule has 0 aliphatic carbocycles. The number of aliphatic hydroxyl groups is 1. The molecular weight excluding hydrogens is 274 g/mol. The third-order valence-corrected chi connectivity index (χ3v) is 5.13. The van der Waals surface area contributed by atoms with Crippen molar-refractivity contribution in [3.63, 3.8) is 0 Å². The smallest absolute Gasteiger partial charge is 0.0922 e. The van der Waals surface area contributed by atoms with Gasteiger partial charge in [-0.1, -0.05) is 0 Å². The average Bonchev–Trinajstić information content (AvgIpc) is 3.00. The second kappa shape index (κ2) is 6.54. The van der Waals surface area contributed by atoms with Crippen molar-refractivity contribution in [1.29, 1.82) is 0 Å². The van der Waals surface area contributed by atoms with Crippen molar-refractivity contribution in [1.82, 2.24) is 5.32 Å². The molecule has 2 atom stereocenters. The maximum Gasteiger partial charge on any atom is 0.0922 e. The van der Waals surface area contributed by atoms with Gasteiger partial charge in [0.2, 0.25) is 0 Å². The predicted octanol–water partition coefficient (Wildman–Crippen LogP) is 2.10. The van der Waals surface area contributed by atoms with Crippen molar-refractivity contribution in [3.05, 3.63) is 22.4 Å². The van der Waals surface area contributed by atoms with Gasteiger partial charge in [0.1, 0.15) is 0 Å². The van der Waals surface area contributed by atoms with Crippen LogP contribution in [-0.2, 0) is 9.47 Å². The highest BCUT2D eigenvalue weighted by Crippen LogP contribution is 2.34. The molecule has 4 nitrogen and oxygen atoms in total. The Hall–Kier alpha value is -0.460. The minimum absolute atomic E-state index is 0.0154. The van der Waals surface area contributed by atoms with E-state index in [-0.39, 0.29) is 5.60 Å². The molecular formula is C15H23NO3S. The fourth-order valence-corrected chi connectivity index (χ4v) is 3.86. The monoisotopic (exact) mass is 297 g/mol. The highest BCUT2D eigenvalue weighted by atomic mass is 32.1. The summed E-state index contributed by atoms with van der Waals surface area (Å²) in [5.74, 6) is 0. The lowest BCUT2D eigenvalue weighted by atomic mass is 9.84. The van der Waals surface area contributed by atoms with Gasteiger partial charge in [0, 0.05) is 32.4 Å². The lowest BCUT2D eigenvalue weighted by Gasteiger charge is -2.43. The largest absolute Gasteiger partial charge is 0.387 e. The number of aliphatic hydroxyl groups excluding tert-OH is 1. The first-order valence-corrected chi connectivity index (χ1v) is 8.37. The van der Waals surface area contributed by atoms with Crippen molar-refractivity contribution in [2.24, 2.45) is 0 Å². The van der Waals surface area contributed by atoms with Crippen LogP contribution in [0.5, 0.6) is 0 Å². The maximum atomic E-state index is 10.1. The third kappa shape index (κ3) is 3.40. The van der Waals surface area contributed by atoms with Crippen LogP contribution >= 0.6 is 11.3 Å². The Morgan fingerprint density at radius 1 is 1.40 bits per heavy atom. The van der Waals surface area contributed by atoms with E-state index in [0.29, 0.717) is 12.6 Å². The van der Waals surface area contributed by atoms with E-state index in [1.807, 2.05) is 16.8 Å². The number of ether oxygens (including phenoxy) is 2. The highest BCUT2D eigenvalue weighted by Gasteiger charge is 2.38. The van der Waals surface area contributed by atoms with Crippen molar-refractivity contribution in [2.45, 2.75) is 43.4 Å². The minimum Gasteiger partial charge on any atom is -0.387 e. The van der Waals surface area contributed by atoms with Gasteiger partial charge in [0.25, 0.3) is 0 Å². The van der Waals surface area contributed by atoms with Gasteiger partial charge >= 0.3 is 0 Å². The Kier molecular flexibility index (Phi) is 4.73. The molecule has 2 unspecified atom stereocenters. The Morgan fingerprint density at radius 3 is 3.00 bits per heavy atom. The van der Waals surface area contributed by atoms with Gasteiger partial charge in [-0.15, -0.1) is 0 Å². The van der Waals surface area contributed by atoms with Crippen molar-refractivity contribution in [3.8, 4) is 0 Å². The lowest BCUT2D eigenvalue weighted by molar-refractivity contribution is -0.140. The standard InChI is InChI=1S/C15H23NO3S/c17-14(12-2-8-20-11-12)10-16-13-1-5-19-15(9-13)3-6-18-7-4-15/h2,8,11,13-14,16-17H,1,3-7,9-10H2. The molecule has 1 aromatic heterocycles. The highest BCUT2D eigenvalue weighted by molar-refractivity contribution is 7.07. The Morgan fingerprint density at radius 2 is 2.25 bits per heavy atom. The Labute approximate surface area is 124 Å². The van der Waals surface area contributed by atoms with Crippen LogP contribution in [-0.4, -0.2) is 43.1 Å². The molecule has 2 aliphatic heterocycles. The summed E-state index contributed by atoms with van der Waals surface area (Å²) in [4.78, 5) is 0. The molecule has 2 fully saturated rings. The van der Waals surface area contributed by atoms with Gasteiger partial charge in [0.05, 0.1) is 11.7 Å². The molecule has 0 bridgehead atoms. The lowest BCUT2D eigenvalue weighted by Crippen LogP contribution is -2.50.